The van der Waals surface area contributed by atoms with E-state index >= 15 is 0 Å². The third kappa shape index (κ3) is 2.50. The molecule has 0 aliphatic carbocycles. The lowest BCUT2D eigenvalue weighted by Gasteiger charge is -2.06. The number of carbonyl (C=O) groups is 1. The van der Waals surface area contributed by atoms with Crippen molar-refractivity contribution >= 4 is 11.9 Å². The lowest BCUT2D eigenvalue weighted by Crippen LogP contribution is -2.17. The molecular weight excluding hydrogens is 234 g/mol. The van der Waals surface area contributed by atoms with Crippen molar-refractivity contribution in [2.24, 2.45) is 0 Å². The van der Waals surface area contributed by atoms with Crippen molar-refractivity contribution in [1.29, 1.82) is 0 Å². The topological polar surface area (TPSA) is 84.8 Å². The van der Waals surface area contributed by atoms with Crippen LogP contribution in [0.3, 0.4) is 0 Å². The molecule has 0 fully saturated rings. The molecule has 2 aromatic rings. The van der Waals surface area contributed by atoms with Gasteiger partial charge in [-0.05, 0) is 18.6 Å². The summed E-state index contributed by atoms with van der Waals surface area (Å²) in [5, 5.41) is 8.95. The number of carbonyl (C=O) groups excluding carboxylic acids is 1. The number of nitrogens with one attached hydrogen (secondary N) is 2. The number of nitrogens with zero attached hydrogens (tertiary/aromatic N) is 3. The molecule has 0 unspecified atom stereocenters. The Balaban J connectivity index is 2.09. The van der Waals surface area contributed by atoms with Gasteiger partial charge in [0, 0.05) is 12.7 Å². The number of aromatic amines is 1. The molecule has 2 N–H and O–H groups in total. The molecule has 2 rings (SSSR count). The number of anilines is 1. The molecule has 7 heteroatoms. The van der Waals surface area contributed by atoms with Gasteiger partial charge in [-0.3, -0.25) is 10.1 Å². The standard InChI is InChI=1S/C11H15N5O2/c1-3-6-16-7-4-5-8(16)9(17)12-10-13-11(18-2)15-14-10/h4-5,7H,3,6H2,1-2H3,(H2,12,13,14,15,17). The minimum absolute atomic E-state index is 0.189. The van der Waals surface area contributed by atoms with Gasteiger partial charge < -0.3 is 9.30 Å². The Morgan fingerprint density at radius 3 is 3.11 bits per heavy atom. The van der Waals surface area contributed by atoms with Crippen molar-refractivity contribution < 1.29 is 9.53 Å². The number of hydrogen-bond donors (Lipinski definition) is 2. The normalized spacial score (nSPS) is 10.3. The highest BCUT2D eigenvalue weighted by molar-refractivity contribution is 6.02. The fraction of sp³-hybridized carbons (Fsp3) is 0.364. The van der Waals surface area contributed by atoms with Gasteiger partial charge in [0.25, 0.3) is 5.91 Å². The van der Waals surface area contributed by atoms with Crippen LogP contribution in [0.1, 0.15) is 23.8 Å². The Labute approximate surface area is 104 Å². The van der Waals surface area contributed by atoms with E-state index in [0.717, 1.165) is 13.0 Å². The summed E-state index contributed by atoms with van der Waals surface area (Å²) in [6.45, 7) is 2.86. The first-order chi connectivity index (χ1) is 8.74. The highest BCUT2D eigenvalue weighted by atomic mass is 16.5. The van der Waals surface area contributed by atoms with E-state index in [-0.39, 0.29) is 17.9 Å². The minimum atomic E-state index is -0.229. The minimum Gasteiger partial charge on any atom is -0.466 e. The number of aromatic nitrogens is 4. The average molecular weight is 249 g/mol. The summed E-state index contributed by atoms with van der Waals surface area (Å²) in [5.41, 5.74) is 0.590. The molecule has 18 heavy (non-hydrogen) atoms. The smallest absolute Gasteiger partial charge is 0.336 e. The summed E-state index contributed by atoms with van der Waals surface area (Å²) in [7, 11) is 1.46. The SMILES string of the molecule is CCCn1cccc1C(=O)Nc1nc(OC)n[nH]1. The van der Waals surface area contributed by atoms with Crippen LogP contribution in [0.2, 0.25) is 0 Å². The molecule has 96 valence electrons. The Morgan fingerprint density at radius 1 is 1.61 bits per heavy atom. The van der Waals surface area contributed by atoms with Crippen molar-refractivity contribution in [2.75, 3.05) is 12.4 Å². The maximum atomic E-state index is 12.0. The number of H-pyrrole nitrogens is 1. The third-order valence-corrected chi connectivity index (χ3v) is 2.41. The average Bonchev–Trinajstić information content (AvgIpc) is 2.98. The second kappa shape index (κ2) is 5.35. The van der Waals surface area contributed by atoms with Crippen LogP contribution in [-0.4, -0.2) is 32.8 Å². The number of methoxy groups -OCH3 is 1. The number of amides is 1. The van der Waals surface area contributed by atoms with E-state index in [9.17, 15) is 4.79 Å². The largest absolute Gasteiger partial charge is 0.466 e. The Hall–Kier alpha value is -2.31. The van der Waals surface area contributed by atoms with Gasteiger partial charge in [0.2, 0.25) is 5.95 Å². The monoisotopic (exact) mass is 249 g/mol. The first kappa shape index (κ1) is 12.2. The van der Waals surface area contributed by atoms with Crippen LogP contribution in [0.4, 0.5) is 5.95 Å². The molecule has 0 saturated heterocycles. The highest BCUT2D eigenvalue weighted by Crippen LogP contribution is 2.09. The first-order valence-electron chi connectivity index (χ1n) is 5.67. The van der Waals surface area contributed by atoms with E-state index in [2.05, 4.69) is 27.4 Å². The molecule has 2 aromatic heterocycles. The predicted octanol–water partition coefficient (Wildman–Crippen LogP) is 1.28. The van der Waals surface area contributed by atoms with Gasteiger partial charge in [-0.1, -0.05) is 6.92 Å². The maximum absolute atomic E-state index is 12.0. The third-order valence-electron chi connectivity index (χ3n) is 2.41. The summed E-state index contributed by atoms with van der Waals surface area (Å²) in [5.74, 6) is 0.0355. The fourth-order valence-electron chi connectivity index (χ4n) is 1.62. The Bertz CT molecular complexity index is 531. The molecule has 0 saturated carbocycles. The summed E-state index contributed by atoms with van der Waals surface area (Å²) >= 11 is 0. The van der Waals surface area contributed by atoms with E-state index in [0.29, 0.717) is 5.69 Å². The van der Waals surface area contributed by atoms with Crippen molar-refractivity contribution in [3.8, 4) is 6.01 Å². The second-order valence-corrected chi connectivity index (χ2v) is 3.71. The zero-order valence-corrected chi connectivity index (χ0v) is 10.3. The second-order valence-electron chi connectivity index (χ2n) is 3.71. The number of ether oxygens (including phenoxy) is 1. The fourth-order valence-corrected chi connectivity index (χ4v) is 1.62. The molecular formula is C11H15N5O2. The Kier molecular flexibility index (Phi) is 3.61. The van der Waals surface area contributed by atoms with Crippen LogP contribution in [0.5, 0.6) is 6.01 Å². The molecule has 0 radical (unpaired) electrons. The van der Waals surface area contributed by atoms with Gasteiger partial charge in [-0.25, -0.2) is 5.10 Å². The lowest BCUT2D eigenvalue weighted by molar-refractivity contribution is 0.101. The van der Waals surface area contributed by atoms with Crippen LogP contribution < -0.4 is 10.1 Å². The lowest BCUT2D eigenvalue weighted by atomic mass is 10.4. The van der Waals surface area contributed by atoms with E-state index in [1.807, 2.05) is 16.8 Å². The zero-order chi connectivity index (χ0) is 13.0. The molecule has 0 aliphatic heterocycles. The van der Waals surface area contributed by atoms with Gasteiger partial charge in [0.05, 0.1) is 7.11 Å². The molecule has 2 heterocycles. The summed E-state index contributed by atoms with van der Waals surface area (Å²) < 4.78 is 6.71. The molecule has 1 amide bonds. The van der Waals surface area contributed by atoms with E-state index in [1.165, 1.54) is 7.11 Å². The van der Waals surface area contributed by atoms with Crippen LogP contribution in [0.25, 0.3) is 0 Å². The van der Waals surface area contributed by atoms with E-state index < -0.39 is 0 Å². The highest BCUT2D eigenvalue weighted by Gasteiger charge is 2.12. The number of aryl methyl sites for hydroxylation is 1. The number of hydrogen-bond acceptors (Lipinski definition) is 4. The van der Waals surface area contributed by atoms with Crippen LogP contribution in [-0.2, 0) is 6.54 Å². The molecule has 7 nitrogen and oxygen atoms in total. The molecule has 0 aromatic carbocycles. The van der Waals surface area contributed by atoms with Crippen LogP contribution >= 0.6 is 0 Å². The summed E-state index contributed by atoms with van der Waals surface area (Å²) in [6, 6.07) is 3.79. The van der Waals surface area contributed by atoms with Crippen molar-refractivity contribution in [3.05, 3.63) is 24.0 Å². The van der Waals surface area contributed by atoms with E-state index in [4.69, 9.17) is 4.74 Å². The van der Waals surface area contributed by atoms with Gasteiger partial charge in [-0.15, -0.1) is 5.10 Å². The summed E-state index contributed by atoms with van der Waals surface area (Å²) in [4.78, 5) is 15.9. The van der Waals surface area contributed by atoms with Crippen molar-refractivity contribution in [1.82, 2.24) is 19.7 Å². The van der Waals surface area contributed by atoms with Crippen molar-refractivity contribution in [2.45, 2.75) is 19.9 Å². The van der Waals surface area contributed by atoms with Crippen LogP contribution in [0, 0.1) is 0 Å². The summed E-state index contributed by atoms with van der Waals surface area (Å²) in [6.07, 6.45) is 2.84. The molecule has 0 bridgehead atoms. The zero-order valence-electron chi connectivity index (χ0n) is 10.3. The number of rotatable bonds is 5. The van der Waals surface area contributed by atoms with E-state index in [1.54, 1.807) is 6.07 Å². The van der Waals surface area contributed by atoms with Crippen LogP contribution in [0.15, 0.2) is 18.3 Å². The van der Waals surface area contributed by atoms with Gasteiger partial charge in [0.15, 0.2) is 0 Å². The quantitative estimate of drug-likeness (QED) is 0.835. The first-order valence-corrected chi connectivity index (χ1v) is 5.67. The molecule has 0 atom stereocenters. The molecule has 0 aliphatic rings. The van der Waals surface area contributed by atoms with Gasteiger partial charge in [0.1, 0.15) is 5.69 Å². The van der Waals surface area contributed by atoms with Gasteiger partial charge >= 0.3 is 6.01 Å². The van der Waals surface area contributed by atoms with Crippen molar-refractivity contribution in [3.63, 3.8) is 0 Å². The molecule has 0 spiro atoms. The predicted molar refractivity (Wildman–Crippen MR) is 65.6 cm³/mol. The van der Waals surface area contributed by atoms with Gasteiger partial charge in [-0.2, -0.15) is 4.98 Å². The Morgan fingerprint density at radius 2 is 2.44 bits per heavy atom. The maximum Gasteiger partial charge on any atom is 0.336 e.